The lowest BCUT2D eigenvalue weighted by atomic mass is 9.89. The minimum absolute atomic E-state index is 0.136. The molecule has 124 valence electrons. The number of anilines is 1. The Balaban J connectivity index is 1.37. The molecule has 0 spiro atoms. The van der Waals surface area contributed by atoms with E-state index < -0.39 is 0 Å². The van der Waals surface area contributed by atoms with Crippen molar-refractivity contribution in [1.82, 2.24) is 14.9 Å². The van der Waals surface area contributed by atoms with E-state index in [1.54, 1.807) is 12.4 Å². The molecule has 1 atom stereocenters. The van der Waals surface area contributed by atoms with Crippen molar-refractivity contribution in [3.05, 3.63) is 54.4 Å². The SMILES string of the molecule is O=C(C1CCN(c2ncccn2)CC1)N1CCC1c1ccccc1. The highest BCUT2D eigenvalue weighted by Gasteiger charge is 2.37. The Labute approximate surface area is 142 Å². The van der Waals surface area contributed by atoms with Crippen LogP contribution in [-0.2, 0) is 4.79 Å². The number of carbonyl (C=O) groups is 1. The van der Waals surface area contributed by atoms with Gasteiger partial charge < -0.3 is 9.80 Å². The van der Waals surface area contributed by atoms with Crippen LogP contribution in [0, 0.1) is 5.92 Å². The number of hydrogen-bond acceptors (Lipinski definition) is 4. The third-order valence-electron chi connectivity index (χ3n) is 5.17. The van der Waals surface area contributed by atoms with E-state index in [9.17, 15) is 4.79 Å². The standard InChI is InChI=1S/C19H22N4O/c24-18(23-14-9-17(23)15-5-2-1-3-6-15)16-7-12-22(13-8-16)19-20-10-4-11-21-19/h1-6,10-11,16-17H,7-9,12-14H2. The average molecular weight is 322 g/mol. The molecule has 2 aliphatic heterocycles. The van der Waals surface area contributed by atoms with Crippen molar-refractivity contribution in [2.24, 2.45) is 5.92 Å². The Morgan fingerprint density at radius 2 is 1.62 bits per heavy atom. The Bertz CT molecular complexity index is 683. The number of carbonyl (C=O) groups excluding carboxylic acids is 1. The molecule has 0 aliphatic carbocycles. The maximum atomic E-state index is 12.9. The topological polar surface area (TPSA) is 49.3 Å². The van der Waals surface area contributed by atoms with Crippen molar-refractivity contribution in [3.8, 4) is 0 Å². The highest BCUT2D eigenvalue weighted by Crippen LogP contribution is 2.36. The van der Waals surface area contributed by atoms with Gasteiger partial charge in [0.25, 0.3) is 0 Å². The number of aromatic nitrogens is 2. The summed E-state index contributed by atoms with van der Waals surface area (Å²) in [6.45, 7) is 2.59. The summed E-state index contributed by atoms with van der Waals surface area (Å²) in [7, 11) is 0. The molecule has 2 fully saturated rings. The van der Waals surface area contributed by atoms with Crippen LogP contribution < -0.4 is 4.90 Å². The van der Waals surface area contributed by atoms with Crippen LogP contribution in [0.15, 0.2) is 48.8 Å². The van der Waals surface area contributed by atoms with Crippen LogP contribution in [0.25, 0.3) is 0 Å². The second-order valence-corrected chi connectivity index (χ2v) is 6.56. The van der Waals surface area contributed by atoms with Crippen LogP contribution in [0.5, 0.6) is 0 Å². The van der Waals surface area contributed by atoms with Gasteiger partial charge in [-0.05, 0) is 30.9 Å². The first-order chi connectivity index (χ1) is 11.8. The lowest BCUT2D eigenvalue weighted by Crippen LogP contribution is -2.50. The van der Waals surface area contributed by atoms with E-state index >= 15 is 0 Å². The van der Waals surface area contributed by atoms with Gasteiger partial charge in [0.15, 0.2) is 0 Å². The highest BCUT2D eigenvalue weighted by atomic mass is 16.2. The van der Waals surface area contributed by atoms with Gasteiger partial charge >= 0.3 is 0 Å². The van der Waals surface area contributed by atoms with Crippen molar-refractivity contribution < 1.29 is 4.79 Å². The summed E-state index contributed by atoms with van der Waals surface area (Å²) in [6, 6.07) is 12.5. The fourth-order valence-electron chi connectivity index (χ4n) is 3.69. The smallest absolute Gasteiger partial charge is 0.226 e. The number of nitrogens with zero attached hydrogens (tertiary/aromatic N) is 4. The molecule has 24 heavy (non-hydrogen) atoms. The third kappa shape index (κ3) is 2.86. The molecule has 2 aromatic rings. The molecule has 0 radical (unpaired) electrons. The molecule has 0 saturated carbocycles. The Hall–Kier alpha value is -2.43. The van der Waals surface area contributed by atoms with Gasteiger partial charge in [-0.1, -0.05) is 30.3 Å². The van der Waals surface area contributed by atoms with Gasteiger partial charge in [-0.2, -0.15) is 0 Å². The molecule has 5 heteroatoms. The van der Waals surface area contributed by atoms with Crippen LogP contribution >= 0.6 is 0 Å². The highest BCUT2D eigenvalue weighted by molar-refractivity contribution is 5.80. The summed E-state index contributed by atoms with van der Waals surface area (Å²) in [4.78, 5) is 25.7. The Morgan fingerprint density at radius 1 is 0.917 bits per heavy atom. The van der Waals surface area contributed by atoms with E-state index in [2.05, 4.69) is 44.0 Å². The quantitative estimate of drug-likeness (QED) is 0.872. The number of likely N-dealkylation sites (tertiary alicyclic amines) is 1. The van der Waals surface area contributed by atoms with Crippen molar-refractivity contribution in [3.63, 3.8) is 0 Å². The Kier molecular flexibility index (Phi) is 4.15. The summed E-state index contributed by atoms with van der Waals surface area (Å²) in [6.07, 6.45) is 6.38. The first-order valence-corrected chi connectivity index (χ1v) is 8.70. The van der Waals surface area contributed by atoms with Gasteiger partial charge in [-0.3, -0.25) is 4.79 Å². The monoisotopic (exact) mass is 322 g/mol. The van der Waals surface area contributed by atoms with Gasteiger partial charge in [-0.25, -0.2) is 9.97 Å². The number of rotatable bonds is 3. The predicted molar refractivity (Wildman–Crippen MR) is 92.5 cm³/mol. The molecule has 3 heterocycles. The number of piperidine rings is 1. The minimum atomic E-state index is 0.136. The molecule has 0 bridgehead atoms. The maximum absolute atomic E-state index is 12.9. The number of amides is 1. The van der Waals surface area contributed by atoms with E-state index in [4.69, 9.17) is 0 Å². The molecular formula is C19H22N4O. The number of hydrogen-bond donors (Lipinski definition) is 0. The summed E-state index contributed by atoms with van der Waals surface area (Å²) < 4.78 is 0. The zero-order valence-corrected chi connectivity index (χ0v) is 13.7. The zero-order chi connectivity index (χ0) is 16.4. The summed E-state index contributed by atoms with van der Waals surface area (Å²) in [5, 5.41) is 0. The van der Waals surface area contributed by atoms with Gasteiger partial charge in [-0.15, -0.1) is 0 Å². The molecule has 2 saturated heterocycles. The van der Waals surface area contributed by atoms with E-state index in [-0.39, 0.29) is 12.0 Å². The lowest BCUT2D eigenvalue weighted by molar-refractivity contribution is -0.144. The van der Waals surface area contributed by atoms with Crippen LogP contribution in [0.3, 0.4) is 0 Å². The van der Waals surface area contributed by atoms with E-state index in [1.807, 2.05) is 12.1 Å². The van der Waals surface area contributed by atoms with Gasteiger partial charge in [0.2, 0.25) is 11.9 Å². The molecule has 2 aliphatic rings. The molecular weight excluding hydrogens is 300 g/mol. The second kappa shape index (κ2) is 6.59. The molecule has 5 nitrogen and oxygen atoms in total. The van der Waals surface area contributed by atoms with Crippen molar-refractivity contribution in [2.45, 2.75) is 25.3 Å². The lowest BCUT2D eigenvalue weighted by Gasteiger charge is -2.44. The van der Waals surface area contributed by atoms with Crippen LogP contribution in [-0.4, -0.2) is 40.4 Å². The first kappa shape index (κ1) is 15.1. The third-order valence-corrected chi connectivity index (χ3v) is 5.17. The molecule has 1 aromatic heterocycles. The molecule has 1 unspecified atom stereocenters. The van der Waals surface area contributed by atoms with Crippen LogP contribution in [0.4, 0.5) is 5.95 Å². The fourth-order valence-corrected chi connectivity index (χ4v) is 3.69. The largest absolute Gasteiger partial charge is 0.341 e. The molecule has 4 rings (SSSR count). The molecule has 1 amide bonds. The Morgan fingerprint density at radius 3 is 2.25 bits per heavy atom. The van der Waals surface area contributed by atoms with Crippen LogP contribution in [0.1, 0.15) is 30.9 Å². The summed E-state index contributed by atoms with van der Waals surface area (Å²) in [5.74, 6) is 1.23. The van der Waals surface area contributed by atoms with Crippen LogP contribution in [0.2, 0.25) is 0 Å². The van der Waals surface area contributed by atoms with E-state index in [0.29, 0.717) is 5.91 Å². The average Bonchev–Trinajstić information content (AvgIpc) is 2.62. The van der Waals surface area contributed by atoms with E-state index in [1.165, 1.54) is 5.56 Å². The summed E-state index contributed by atoms with van der Waals surface area (Å²) in [5.41, 5.74) is 1.26. The van der Waals surface area contributed by atoms with Crippen molar-refractivity contribution >= 4 is 11.9 Å². The van der Waals surface area contributed by atoms with E-state index in [0.717, 1.165) is 44.8 Å². The number of benzene rings is 1. The van der Waals surface area contributed by atoms with Gasteiger partial charge in [0.1, 0.15) is 0 Å². The van der Waals surface area contributed by atoms with Gasteiger partial charge in [0, 0.05) is 37.9 Å². The normalized spacial score (nSPS) is 21.4. The fraction of sp³-hybridized carbons (Fsp3) is 0.421. The molecule has 1 aromatic carbocycles. The van der Waals surface area contributed by atoms with Crippen molar-refractivity contribution in [2.75, 3.05) is 24.5 Å². The van der Waals surface area contributed by atoms with Crippen molar-refractivity contribution in [1.29, 1.82) is 0 Å². The zero-order valence-electron chi connectivity index (χ0n) is 13.7. The summed E-state index contributed by atoms with van der Waals surface area (Å²) >= 11 is 0. The maximum Gasteiger partial charge on any atom is 0.226 e. The minimum Gasteiger partial charge on any atom is -0.341 e. The second-order valence-electron chi connectivity index (χ2n) is 6.56. The molecule has 0 N–H and O–H groups in total. The first-order valence-electron chi connectivity index (χ1n) is 8.70. The van der Waals surface area contributed by atoms with Gasteiger partial charge in [0.05, 0.1) is 6.04 Å². The predicted octanol–water partition coefficient (Wildman–Crippen LogP) is 2.67.